The van der Waals surface area contributed by atoms with E-state index in [1.165, 1.54) is 18.4 Å². The van der Waals surface area contributed by atoms with E-state index in [0.717, 1.165) is 28.1 Å². The molecule has 5 aromatic rings. The summed E-state index contributed by atoms with van der Waals surface area (Å²) < 4.78 is 44.0. The van der Waals surface area contributed by atoms with E-state index in [2.05, 4.69) is 15.6 Å². The Labute approximate surface area is 250 Å². The first-order valence-electron chi connectivity index (χ1n) is 13.3. The second kappa shape index (κ2) is 12.2. The number of methoxy groups -OCH3 is 3. The summed E-state index contributed by atoms with van der Waals surface area (Å²) in [6.07, 6.45) is 1.72. The summed E-state index contributed by atoms with van der Waals surface area (Å²) in [6, 6.07) is 18.7. The Morgan fingerprint density at radius 3 is 2.19 bits per heavy atom. The van der Waals surface area contributed by atoms with Crippen LogP contribution in [0.25, 0.3) is 16.9 Å². The van der Waals surface area contributed by atoms with E-state index >= 15 is 0 Å². The molecule has 2 N–H and O–H groups in total. The zero-order chi connectivity index (χ0) is 30.7. The maximum absolute atomic E-state index is 12.4. The van der Waals surface area contributed by atoms with Gasteiger partial charge < -0.3 is 24.8 Å². The Morgan fingerprint density at radius 1 is 0.860 bits per heavy atom. The molecule has 3 aromatic carbocycles. The van der Waals surface area contributed by atoms with Gasteiger partial charge in [0.15, 0.2) is 17.3 Å². The number of aromatic nitrogens is 4. The van der Waals surface area contributed by atoms with Crippen molar-refractivity contribution in [3.05, 3.63) is 78.1 Å². The van der Waals surface area contributed by atoms with E-state index in [1.54, 1.807) is 50.2 Å². The quantitative estimate of drug-likeness (QED) is 0.212. The number of ether oxygens (including phenoxy) is 3. The fraction of sp³-hybridized carbons (Fsp3) is 0.233. The maximum atomic E-state index is 12.4. The SMILES string of the molecule is COc1cc(Nc2ncc3c(C)nc(-c4cccc(Nc5cccc(CS(=O)(=O)N(C)C)c5)c4)n3n2)cc(OC)c1OC. The van der Waals surface area contributed by atoms with Crippen molar-refractivity contribution >= 4 is 38.6 Å². The highest BCUT2D eigenvalue weighted by Crippen LogP contribution is 2.40. The molecular weight excluding hydrogens is 570 g/mol. The van der Waals surface area contributed by atoms with E-state index in [-0.39, 0.29) is 5.75 Å². The fourth-order valence-corrected chi connectivity index (χ4v) is 5.39. The average molecular weight is 604 g/mol. The Hall–Kier alpha value is -4.88. The van der Waals surface area contributed by atoms with Gasteiger partial charge in [-0.1, -0.05) is 24.3 Å². The van der Waals surface area contributed by atoms with Crippen molar-refractivity contribution in [2.24, 2.45) is 0 Å². The zero-order valence-electron chi connectivity index (χ0n) is 24.7. The monoisotopic (exact) mass is 603 g/mol. The highest BCUT2D eigenvalue weighted by molar-refractivity contribution is 7.88. The standard InChI is InChI=1S/C30H33N7O5S/c1-19-25-17-31-30(34-24-15-26(40-4)28(42-6)27(16-24)41-5)35-37(25)29(32-19)21-10-8-12-23(14-21)33-22-11-7-9-20(13-22)18-43(38,39)36(2)3/h7-17,33H,18H2,1-6H3,(H,34,35). The van der Waals surface area contributed by atoms with Crippen molar-refractivity contribution in [2.45, 2.75) is 12.7 Å². The summed E-state index contributed by atoms with van der Waals surface area (Å²) in [6.45, 7) is 1.91. The number of nitrogens with one attached hydrogen (secondary N) is 2. The molecule has 5 rings (SSSR count). The number of nitrogens with zero attached hydrogens (tertiary/aromatic N) is 5. The number of hydrogen-bond donors (Lipinski definition) is 2. The van der Waals surface area contributed by atoms with Crippen LogP contribution in [0.2, 0.25) is 0 Å². The summed E-state index contributed by atoms with van der Waals surface area (Å²) in [5.41, 5.74) is 5.29. The molecule has 0 amide bonds. The van der Waals surface area contributed by atoms with Gasteiger partial charge in [0.2, 0.25) is 21.7 Å². The number of anilines is 4. The normalized spacial score (nSPS) is 11.5. The van der Waals surface area contributed by atoms with Gasteiger partial charge in [0.1, 0.15) is 5.52 Å². The Morgan fingerprint density at radius 2 is 1.53 bits per heavy atom. The van der Waals surface area contributed by atoms with Gasteiger partial charge in [-0.15, -0.1) is 5.10 Å². The lowest BCUT2D eigenvalue weighted by atomic mass is 10.1. The van der Waals surface area contributed by atoms with E-state index in [0.29, 0.717) is 40.3 Å². The Bertz CT molecular complexity index is 1860. The van der Waals surface area contributed by atoms with Crippen LogP contribution < -0.4 is 24.8 Å². The molecule has 13 heteroatoms. The van der Waals surface area contributed by atoms with Crippen molar-refractivity contribution in [3.8, 4) is 28.6 Å². The molecule has 2 aromatic heterocycles. The molecule has 12 nitrogen and oxygen atoms in total. The minimum atomic E-state index is -3.38. The zero-order valence-corrected chi connectivity index (χ0v) is 25.6. The number of benzene rings is 3. The molecule has 0 fully saturated rings. The van der Waals surface area contributed by atoms with Crippen molar-refractivity contribution < 1.29 is 22.6 Å². The maximum Gasteiger partial charge on any atom is 0.245 e. The van der Waals surface area contributed by atoms with E-state index in [9.17, 15) is 8.42 Å². The smallest absolute Gasteiger partial charge is 0.245 e. The third kappa shape index (κ3) is 6.32. The van der Waals surface area contributed by atoms with Gasteiger partial charge >= 0.3 is 0 Å². The van der Waals surface area contributed by atoms with Gasteiger partial charge in [0.25, 0.3) is 0 Å². The minimum absolute atomic E-state index is 0.0823. The molecule has 0 spiro atoms. The molecule has 0 saturated carbocycles. The molecule has 224 valence electrons. The van der Waals surface area contributed by atoms with Gasteiger partial charge in [0, 0.05) is 48.9 Å². The van der Waals surface area contributed by atoms with Gasteiger partial charge in [-0.2, -0.15) is 0 Å². The van der Waals surface area contributed by atoms with Crippen LogP contribution in [-0.4, -0.2) is 67.7 Å². The van der Waals surface area contributed by atoms with E-state index in [1.807, 2.05) is 49.4 Å². The lowest BCUT2D eigenvalue weighted by Gasteiger charge is -2.14. The number of imidazole rings is 1. The lowest BCUT2D eigenvalue weighted by molar-refractivity contribution is 0.324. The van der Waals surface area contributed by atoms with Crippen LogP contribution in [0.15, 0.2) is 66.9 Å². The summed E-state index contributed by atoms with van der Waals surface area (Å²) in [5.74, 6) is 2.38. The molecule has 2 heterocycles. The van der Waals surface area contributed by atoms with Gasteiger partial charge in [-0.25, -0.2) is 27.2 Å². The molecule has 0 saturated heterocycles. The predicted molar refractivity (Wildman–Crippen MR) is 166 cm³/mol. The number of hydrogen-bond acceptors (Lipinski definition) is 10. The van der Waals surface area contributed by atoms with Gasteiger partial charge in [-0.3, -0.25) is 0 Å². The van der Waals surface area contributed by atoms with Crippen molar-refractivity contribution in [2.75, 3.05) is 46.1 Å². The van der Waals surface area contributed by atoms with Crippen molar-refractivity contribution in [3.63, 3.8) is 0 Å². The second-order valence-corrected chi connectivity index (χ2v) is 12.1. The van der Waals surface area contributed by atoms with Crippen LogP contribution >= 0.6 is 0 Å². The molecule has 0 radical (unpaired) electrons. The molecule has 0 aliphatic heterocycles. The molecule has 0 atom stereocenters. The lowest BCUT2D eigenvalue weighted by Crippen LogP contribution is -2.23. The van der Waals surface area contributed by atoms with Crippen molar-refractivity contribution in [1.29, 1.82) is 0 Å². The minimum Gasteiger partial charge on any atom is -0.493 e. The van der Waals surface area contributed by atoms with Crippen LogP contribution in [0.3, 0.4) is 0 Å². The van der Waals surface area contributed by atoms with E-state index in [4.69, 9.17) is 24.3 Å². The van der Waals surface area contributed by atoms with Crippen LogP contribution in [0, 0.1) is 6.92 Å². The second-order valence-electron chi connectivity index (χ2n) is 9.88. The number of rotatable bonds is 11. The highest BCUT2D eigenvalue weighted by Gasteiger charge is 2.17. The number of fused-ring (bicyclic) bond motifs is 1. The Balaban J connectivity index is 1.44. The third-order valence-electron chi connectivity index (χ3n) is 6.74. The number of sulfonamides is 1. The first kappa shape index (κ1) is 29.6. The first-order valence-corrected chi connectivity index (χ1v) is 14.9. The summed E-state index contributed by atoms with van der Waals surface area (Å²) in [7, 11) is 4.34. The highest BCUT2D eigenvalue weighted by atomic mass is 32.2. The van der Waals surface area contributed by atoms with E-state index < -0.39 is 10.0 Å². The third-order valence-corrected chi connectivity index (χ3v) is 8.55. The summed E-state index contributed by atoms with van der Waals surface area (Å²) >= 11 is 0. The Kier molecular flexibility index (Phi) is 8.37. The van der Waals surface area contributed by atoms with Gasteiger partial charge in [-0.05, 0) is 36.8 Å². The molecule has 43 heavy (non-hydrogen) atoms. The van der Waals surface area contributed by atoms with Gasteiger partial charge in [0.05, 0.1) is 39.0 Å². The molecule has 0 aliphatic rings. The summed E-state index contributed by atoms with van der Waals surface area (Å²) in [5, 5.41) is 11.3. The molecule has 0 bridgehead atoms. The van der Waals surface area contributed by atoms with Crippen LogP contribution in [-0.2, 0) is 15.8 Å². The summed E-state index contributed by atoms with van der Waals surface area (Å²) in [4.78, 5) is 9.27. The number of aryl methyl sites for hydroxylation is 1. The molecule has 0 aliphatic carbocycles. The van der Waals surface area contributed by atoms with Crippen LogP contribution in [0.5, 0.6) is 17.2 Å². The van der Waals surface area contributed by atoms with Crippen LogP contribution in [0.1, 0.15) is 11.3 Å². The van der Waals surface area contributed by atoms with Crippen molar-refractivity contribution in [1.82, 2.24) is 23.9 Å². The fourth-order valence-electron chi connectivity index (χ4n) is 4.53. The predicted octanol–water partition coefficient (Wildman–Crippen LogP) is 5.00. The average Bonchev–Trinajstić information content (AvgIpc) is 3.32. The van der Waals surface area contributed by atoms with Crippen LogP contribution in [0.4, 0.5) is 23.0 Å². The largest absolute Gasteiger partial charge is 0.493 e. The molecule has 0 unspecified atom stereocenters. The molecular formula is C30H33N7O5S. The first-order chi connectivity index (χ1) is 20.6. The topological polar surface area (TPSA) is 132 Å².